The second-order valence-corrected chi connectivity index (χ2v) is 3.75. The maximum Gasteiger partial charge on any atom is 0.284 e. The molecular weight excluding hydrogens is 180 g/mol. The summed E-state index contributed by atoms with van der Waals surface area (Å²) in [4.78, 5) is 4.25. The van der Waals surface area contributed by atoms with E-state index >= 15 is 0 Å². The van der Waals surface area contributed by atoms with Crippen molar-refractivity contribution < 1.29 is 9.47 Å². The normalized spacial score (nSPS) is 10.6. The lowest BCUT2D eigenvalue weighted by molar-refractivity contribution is -0.613. The van der Waals surface area contributed by atoms with Gasteiger partial charge in [0.2, 0.25) is 6.20 Å². The second kappa shape index (κ2) is 4.26. The summed E-state index contributed by atoms with van der Waals surface area (Å²) in [5.41, 5.74) is 1.28. The van der Waals surface area contributed by atoms with Gasteiger partial charge >= 0.3 is 0 Å². The van der Waals surface area contributed by atoms with E-state index in [1.54, 1.807) is 6.92 Å². The van der Waals surface area contributed by atoms with Gasteiger partial charge in [-0.1, -0.05) is 13.8 Å². The van der Waals surface area contributed by atoms with E-state index in [9.17, 15) is 5.21 Å². The number of nitrogens with zero attached hydrogens (tertiary/aromatic N) is 2. The Morgan fingerprint density at radius 2 is 2.21 bits per heavy atom. The summed E-state index contributed by atoms with van der Waals surface area (Å²) < 4.78 is 5.83. The Labute approximate surface area is 84.1 Å². The molecule has 0 aliphatic heterocycles. The highest BCUT2D eigenvalue weighted by Gasteiger charge is 2.13. The second-order valence-electron chi connectivity index (χ2n) is 3.75. The van der Waals surface area contributed by atoms with Crippen LogP contribution in [0.4, 0.5) is 0 Å². The predicted molar refractivity (Wildman–Crippen MR) is 53.0 cm³/mol. The molecule has 0 unspecified atom stereocenters. The quantitative estimate of drug-likeness (QED) is 0.539. The van der Waals surface area contributed by atoms with E-state index < -0.39 is 0 Å². The largest absolute Gasteiger partial charge is 0.618 e. The topological polar surface area (TPSA) is 49.1 Å². The fraction of sp³-hybridized carbons (Fsp3) is 0.600. The summed E-state index contributed by atoms with van der Waals surface area (Å²) in [5, 5.41) is 11.4. The first kappa shape index (κ1) is 10.8. The fourth-order valence-corrected chi connectivity index (χ4v) is 1.28. The Morgan fingerprint density at radius 1 is 1.57 bits per heavy atom. The van der Waals surface area contributed by atoms with Gasteiger partial charge in [-0.3, -0.25) is 0 Å². The lowest BCUT2D eigenvalue weighted by Gasteiger charge is -2.08. The minimum Gasteiger partial charge on any atom is -0.618 e. The number of ether oxygens (including phenoxy) is 1. The van der Waals surface area contributed by atoms with Crippen molar-refractivity contribution in [2.24, 2.45) is 5.92 Å². The number of aromatic nitrogens is 2. The van der Waals surface area contributed by atoms with E-state index in [-0.39, 0.29) is 0 Å². The highest BCUT2D eigenvalue weighted by Crippen LogP contribution is 2.12. The highest BCUT2D eigenvalue weighted by atomic mass is 16.5. The van der Waals surface area contributed by atoms with Gasteiger partial charge in [0, 0.05) is 6.92 Å². The first-order valence-electron chi connectivity index (χ1n) is 4.68. The molecule has 0 aliphatic carbocycles. The molecule has 0 N–H and O–H groups in total. The number of hydrogen-bond acceptors (Lipinski definition) is 3. The van der Waals surface area contributed by atoms with Crippen LogP contribution in [-0.4, -0.2) is 12.1 Å². The lowest BCUT2D eigenvalue weighted by Crippen LogP contribution is -2.31. The van der Waals surface area contributed by atoms with Crippen molar-refractivity contribution in [3.8, 4) is 5.88 Å². The first-order valence-corrected chi connectivity index (χ1v) is 4.68. The smallest absolute Gasteiger partial charge is 0.284 e. The van der Waals surface area contributed by atoms with Crippen molar-refractivity contribution in [2.45, 2.75) is 27.2 Å². The molecule has 4 nitrogen and oxygen atoms in total. The molecule has 1 heterocycles. The molecule has 14 heavy (non-hydrogen) atoms. The van der Waals surface area contributed by atoms with Gasteiger partial charge in [0.15, 0.2) is 0 Å². The zero-order valence-corrected chi connectivity index (χ0v) is 9.07. The molecule has 0 aromatic carbocycles. The van der Waals surface area contributed by atoms with Gasteiger partial charge in [0.05, 0.1) is 7.11 Å². The van der Waals surface area contributed by atoms with Gasteiger partial charge in [-0.25, -0.2) is 4.98 Å². The molecule has 0 aliphatic rings. The van der Waals surface area contributed by atoms with Crippen LogP contribution in [0.5, 0.6) is 5.88 Å². The summed E-state index contributed by atoms with van der Waals surface area (Å²) in [6, 6.07) is 0. The van der Waals surface area contributed by atoms with Crippen LogP contribution in [0.3, 0.4) is 0 Å². The monoisotopic (exact) mass is 196 g/mol. The van der Waals surface area contributed by atoms with Gasteiger partial charge in [-0.05, 0) is 12.3 Å². The van der Waals surface area contributed by atoms with Crippen LogP contribution in [0.2, 0.25) is 0 Å². The van der Waals surface area contributed by atoms with Gasteiger partial charge in [0.25, 0.3) is 11.6 Å². The molecule has 0 bridgehead atoms. The van der Waals surface area contributed by atoms with Crippen molar-refractivity contribution in [2.75, 3.05) is 7.11 Å². The van der Waals surface area contributed by atoms with E-state index in [0.717, 1.165) is 16.8 Å². The molecule has 1 aromatic heterocycles. The summed E-state index contributed by atoms with van der Waals surface area (Å²) in [6.07, 6.45) is 2.30. The Hall–Kier alpha value is -1.32. The van der Waals surface area contributed by atoms with E-state index in [1.165, 1.54) is 13.3 Å². The molecular formula is C10H16N2O2. The third-order valence-corrected chi connectivity index (χ3v) is 1.96. The molecule has 4 heteroatoms. The van der Waals surface area contributed by atoms with Crippen LogP contribution in [-0.2, 0) is 6.42 Å². The van der Waals surface area contributed by atoms with Gasteiger partial charge in [-0.2, -0.15) is 4.73 Å². The molecule has 1 rings (SSSR count). The standard InChI is InChI=1S/C10H16N2O2/c1-7(2)5-9-6-12(13)8(3)10(11-9)14-4/h6-7H,5H2,1-4H3. The Bertz CT molecular complexity index is 324. The molecule has 0 amide bonds. The van der Waals surface area contributed by atoms with Crippen molar-refractivity contribution in [1.29, 1.82) is 0 Å². The maximum absolute atomic E-state index is 11.4. The van der Waals surface area contributed by atoms with Crippen LogP contribution in [0.1, 0.15) is 25.2 Å². The Kier molecular flexibility index (Phi) is 3.28. The minimum absolute atomic E-state index is 0.415. The van der Waals surface area contributed by atoms with E-state index in [0.29, 0.717) is 17.5 Å². The van der Waals surface area contributed by atoms with E-state index in [2.05, 4.69) is 18.8 Å². The average molecular weight is 196 g/mol. The van der Waals surface area contributed by atoms with Crippen LogP contribution < -0.4 is 9.47 Å². The molecule has 0 spiro atoms. The average Bonchev–Trinajstić information content (AvgIpc) is 2.10. The first-order chi connectivity index (χ1) is 6.54. The molecule has 1 aromatic rings. The molecule has 0 radical (unpaired) electrons. The molecule has 0 fully saturated rings. The van der Waals surface area contributed by atoms with Gasteiger partial charge in [0.1, 0.15) is 5.69 Å². The van der Waals surface area contributed by atoms with Crippen molar-refractivity contribution in [3.63, 3.8) is 0 Å². The third-order valence-electron chi connectivity index (χ3n) is 1.96. The van der Waals surface area contributed by atoms with E-state index in [4.69, 9.17) is 4.74 Å². The van der Waals surface area contributed by atoms with Crippen LogP contribution in [0.15, 0.2) is 6.20 Å². The van der Waals surface area contributed by atoms with Gasteiger partial charge < -0.3 is 9.94 Å². The third kappa shape index (κ3) is 2.34. The SMILES string of the molecule is COc1nc(CC(C)C)c[n+]([O-])c1C. The zero-order valence-electron chi connectivity index (χ0n) is 9.07. The number of methoxy groups -OCH3 is 1. The molecule has 78 valence electrons. The highest BCUT2D eigenvalue weighted by molar-refractivity contribution is 5.14. The fourth-order valence-electron chi connectivity index (χ4n) is 1.28. The minimum atomic E-state index is 0.415. The van der Waals surface area contributed by atoms with Crippen LogP contribution in [0.25, 0.3) is 0 Å². The summed E-state index contributed by atoms with van der Waals surface area (Å²) in [6.45, 7) is 5.87. The number of hydrogen-bond donors (Lipinski definition) is 0. The predicted octanol–water partition coefficient (Wildman–Crippen LogP) is 1.23. The Morgan fingerprint density at radius 3 is 2.71 bits per heavy atom. The van der Waals surface area contributed by atoms with Crippen molar-refractivity contribution in [3.05, 3.63) is 22.8 Å². The molecule has 0 saturated carbocycles. The summed E-state index contributed by atoms with van der Waals surface area (Å²) in [5.74, 6) is 0.896. The number of rotatable bonds is 3. The molecule has 0 saturated heterocycles. The van der Waals surface area contributed by atoms with Crippen LogP contribution in [0, 0.1) is 18.0 Å². The van der Waals surface area contributed by atoms with Crippen molar-refractivity contribution in [1.82, 2.24) is 4.98 Å². The lowest BCUT2D eigenvalue weighted by atomic mass is 10.1. The summed E-state index contributed by atoms with van der Waals surface area (Å²) >= 11 is 0. The zero-order chi connectivity index (χ0) is 10.7. The van der Waals surface area contributed by atoms with Crippen LogP contribution >= 0.6 is 0 Å². The molecule has 0 atom stereocenters. The Balaban J connectivity index is 3.03. The van der Waals surface area contributed by atoms with E-state index in [1.807, 2.05) is 0 Å². The van der Waals surface area contributed by atoms with Gasteiger partial charge in [-0.15, -0.1) is 0 Å². The van der Waals surface area contributed by atoms with Crippen molar-refractivity contribution >= 4 is 0 Å². The summed E-state index contributed by atoms with van der Waals surface area (Å²) in [7, 11) is 1.52. The maximum atomic E-state index is 11.4.